The molecule has 1 saturated carbocycles. The van der Waals surface area contributed by atoms with E-state index in [0.29, 0.717) is 35.9 Å². The molecule has 0 radical (unpaired) electrons. The third-order valence-corrected chi connectivity index (χ3v) is 9.35. The predicted molar refractivity (Wildman–Crippen MR) is 167 cm³/mol. The number of aliphatic hydroxyl groups excluding tert-OH is 1. The average Bonchev–Trinajstić information content (AvgIpc) is 2.93. The zero-order valence-corrected chi connectivity index (χ0v) is 26.1. The Morgan fingerprint density at radius 1 is 1.10 bits per heavy atom. The van der Waals surface area contributed by atoms with E-state index in [4.69, 9.17) is 0 Å². The summed E-state index contributed by atoms with van der Waals surface area (Å²) in [4.78, 5) is 26.4. The minimum absolute atomic E-state index is 0.0677. The molecule has 1 heterocycles. The van der Waals surface area contributed by atoms with Crippen molar-refractivity contribution in [3.05, 3.63) is 59.7 Å². The molecule has 4 rings (SSSR count). The van der Waals surface area contributed by atoms with Crippen molar-refractivity contribution in [3.63, 3.8) is 0 Å². The van der Waals surface area contributed by atoms with E-state index in [2.05, 4.69) is 22.5 Å². The third kappa shape index (κ3) is 10.3. The van der Waals surface area contributed by atoms with Crippen LogP contribution in [-0.4, -0.2) is 70.0 Å². The van der Waals surface area contributed by atoms with Gasteiger partial charge >= 0.3 is 0 Å². The van der Waals surface area contributed by atoms with Gasteiger partial charge in [0.05, 0.1) is 12.1 Å². The molecular weight excluding hydrogens is 534 g/mol. The SMILES string of the molecule is CC(C)(C)NC=O.Cc1c(O)cccc1C(=O)N[C@@H](CSc1ccccc1)C(O)CN1C[C@H]2CCCC[C@H]2CC1C. The molecule has 7 nitrogen and oxygen atoms in total. The van der Waals surface area contributed by atoms with E-state index in [1.807, 2.05) is 51.1 Å². The van der Waals surface area contributed by atoms with Gasteiger partial charge in [0, 0.05) is 46.4 Å². The first kappa shape index (κ1) is 33.0. The minimum Gasteiger partial charge on any atom is -0.508 e. The number of hydrogen-bond acceptors (Lipinski definition) is 6. The number of piperidine rings is 1. The molecule has 1 aliphatic heterocycles. The number of fused-ring (bicyclic) bond motifs is 1. The number of phenolic OH excluding ortho intramolecular Hbond substituents is 1. The molecule has 2 aromatic rings. The quantitative estimate of drug-likeness (QED) is 0.234. The highest BCUT2D eigenvalue weighted by Gasteiger charge is 2.36. The molecule has 2 fully saturated rings. The fraction of sp³-hybridized carbons (Fsp3) is 0.576. The van der Waals surface area contributed by atoms with Gasteiger partial charge in [0.2, 0.25) is 6.41 Å². The van der Waals surface area contributed by atoms with Crippen LogP contribution in [-0.2, 0) is 4.79 Å². The van der Waals surface area contributed by atoms with Gasteiger partial charge < -0.3 is 20.8 Å². The third-order valence-electron chi connectivity index (χ3n) is 8.22. The van der Waals surface area contributed by atoms with Crippen molar-refractivity contribution in [2.75, 3.05) is 18.8 Å². The molecule has 1 saturated heterocycles. The van der Waals surface area contributed by atoms with Crippen LogP contribution in [0, 0.1) is 18.8 Å². The lowest BCUT2D eigenvalue weighted by Gasteiger charge is -2.46. The van der Waals surface area contributed by atoms with E-state index in [1.165, 1.54) is 32.1 Å². The average molecular weight is 584 g/mol. The summed E-state index contributed by atoms with van der Waals surface area (Å²) in [6.45, 7) is 11.4. The number of amides is 2. The summed E-state index contributed by atoms with van der Waals surface area (Å²) in [6, 6.07) is 15.1. The van der Waals surface area contributed by atoms with Gasteiger partial charge in [-0.3, -0.25) is 14.5 Å². The van der Waals surface area contributed by atoms with Crippen molar-refractivity contribution in [3.8, 4) is 5.75 Å². The maximum Gasteiger partial charge on any atom is 0.252 e. The molecule has 2 aliphatic rings. The lowest BCUT2D eigenvalue weighted by molar-refractivity contribution is -0.110. The van der Waals surface area contributed by atoms with Crippen LogP contribution in [0.15, 0.2) is 53.4 Å². The number of carbonyl (C=O) groups excluding carboxylic acids is 2. The Morgan fingerprint density at radius 3 is 2.41 bits per heavy atom. The highest BCUT2D eigenvalue weighted by molar-refractivity contribution is 7.99. The second-order valence-electron chi connectivity index (χ2n) is 12.6. The van der Waals surface area contributed by atoms with Gasteiger partial charge in [-0.15, -0.1) is 11.8 Å². The van der Waals surface area contributed by atoms with Crippen molar-refractivity contribution < 1.29 is 19.8 Å². The number of nitrogens with zero attached hydrogens (tertiary/aromatic N) is 1. The summed E-state index contributed by atoms with van der Waals surface area (Å²) in [5, 5.41) is 27.1. The smallest absolute Gasteiger partial charge is 0.252 e. The minimum atomic E-state index is -0.680. The normalized spacial score (nSPS) is 22.3. The number of rotatable bonds is 9. The highest BCUT2D eigenvalue weighted by atomic mass is 32.2. The number of nitrogens with one attached hydrogen (secondary N) is 2. The molecule has 1 aliphatic carbocycles. The highest BCUT2D eigenvalue weighted by Crippen LogP contribution is 2.38. The largest absolute Gasteiger partial charge is 0.508 e. The topological polar surface area (TPSA) is 102 Å². The lowest BCUT2D eigenvalue weighted by Crippen LogP contribution is -2.54. The monoisotopic (exact) mass is 583 g/mol. The molecule has 2 unspecified atom stereocenters. The Morgan fingerprint density at radius 2 is 1.78 bits per heavy atom. The van der Waals surface area contributed by atoms with Gasteiger partial charge in [-0.1, -0.05) is 43.5 Å². The Hall–Kier alpha value is -2.55. The zero-order chi connectivity index (χ0) is 30.0. The zero-order valence-electron chi connectivity index (χ0n) is 25.3. The number of carbonyl (C=O) groups is 2. The molecule has 0 bridgehead atoms. The maximum absolute atomic E-state index is 13.1. The Balaban J connectivity index is 0.000000587. The summed E-state index contributed by atoms with van der Waals surface area (Å²) < 4.78 is 0. The van der Waals surface area contributed by atoms with E-state index >= 15 is 0 Å². The van der Waals surface area contributed by atoms with Crippen LogP contribution in [0.1, 0.15) is 75.7 Å². The van der Waals surface area contributed by atoms with Crippen LogP contribution in [0.25, 0.3) is 0 Å². The summed E-state index contributed by atoms with van der Waals surface area (Å²) in [5.41, 5.74) is 0.928. The maximum atomic E-state index is 13.1. The molecule has 226 valence electrons. The van der Waals surface area contributed by atoms with Crippen LogP contribution < -0.4 is 10.6 Å². The first-order valence-corrected chi connectivity index (χ1v) is 15.9. The van der Waals surface area contributed by atoms with Crippen molar-refractivity contribution >= 4 is 24.1 Å². The van der Waals surface area contributed by atoms with Gasteiger partial charge in [-0.2, -0.15) is 0 Å². The first-order chi connectivity index (χ1) is 19.5. The molecule has 2 aromatic carbocycles. The molecule has 8 heteroatoms. The molecule has 0 aromatic heterocycles. The van der Waals surface area contributed by atoms with E-state index in [9.17, 15) is 19.8 Å². The second kappa shape index (κ2) is 15.6. The fourth-order valence-electron chi connectivity index (χ4n) is 5.77. The number of phenols is 1. The van der Waals surface area contributed by atoms with Crippen LogP contribution in [0.4, 0.5) is 0 Å². The standard InChI is InChI=1S/C28H38N2O3S.C5H11NO/c1-19-15-21-9-6-7-10-22(21)16-30(19)17-27(32)25(18-34-23-11-4-3-5-12-23)29-28(33)24-13-8-14-26(31)20(24)2;1-5(2,3)6-4-7/h3-5,8,11-14,19,21-22,25,27,31-32H,6-7,9-10,15-18H2,1-2H3,(H,29,33);4H,1-3H3,(H,6,7)/t19?,21-,22+,25-,27?;/m0./s1. The number of aromatic hydroxyl groups is 1. The van der Waals surface area contributed by atoms with Gasteiger partial charge in [-0.05, 0) is 83.6 Å². The van der Waals surface area contributed by atoms with Crippen LogP contribution in [0.2, 0.25) is 0 Å². The van der Waals surface area contributed by atoms with E-state index in [0.717, 1.165) is 23.3 Å². The second-order valence-corrected chi connectivity index (χ2v) is 13.7. The number of aliphatic hydroxyl groups is 1. The van der Waals surface area contributed by atoms with E-state index < -0.39 is 12.1 Å². The lowest BCUT2D eigenvalue weighted by atomic mass is 9.73. The summed E-state index contributed by atoms with van der Waals surface area (Å²) >= 11 is 1.64. The predicted octanol–water partition coefficient (Wildman–Crippen LogP) is 5.38. The molecule has 4 N–H and O–H groups in total. The summed E-state index contributed by atoms with van der Waals surface area (Å²) in [7, 11) is 0. The van der Waals surface area contributed by atoms with Crippen LogP contribution in [0.5, 0.6) is 5.75 Å². The number of β-amino-alcohol motifs (C(OH)–C–C–N with tert-alkyl or cyclic N) is 1. The Bertz CT molecular complexity index is 1110. The number of thioether (sulfide) groups is 1. The van der Waals surface area contributed by atoms with E-state index in [1.54, 1.807) is 36.9 Å². The number of hydrogen-bond donors (Lipinski definition) is 4. The summed E-state index contributed by atoms with van der Waals surface area (Å²) in [5.74, 6) is 1.98. The fourth-order valence-corrected chi connectivity index (χ4v) is 6.80. The van der Waals surface area contributed by atoms with Gasteiger partial charge in [0.15, 0.2) is 0 Å². The molecular formula is C33H49N3O4S. The van der Waals surface area contributed by atoms with Crippen molar-refractivity contribution in [1.29, 1.82) is 0 Å². The van der Waals surface area contributed by atoms with Crippen LogP contribution in [0.3, 0.4) is 0 Å². The number of benzene rings is 2. The number of likely N-dealkylation sites (tertiary alicyclic amines) is 1. The van der Waals surface area contributed by atoms with Gasteiger partial charge in [-0.25, -0.2) is 0 Å². The van der Waals surface area contributed by atoms with Gasteiger partial charge in [0.1, 0.15) is 5.75 Å². The molecule has 41 heavy (non-hydrogen) atoms. The Labute approximate surface area is 250 Å². The van der Waals surface area contributed by atoms with Crippen LogP contribution >= 0.6 is 11.8 Å². The van der Waals surface area contributed by atoms with Gasteiger partial charge in [0.25, 0.3) is 5.91 Å². The molecule has 0 spiro atoms. The first-order valence-electron chi connectivity index (χ1n) is 14.9. The molecule has 2 amide bonds. The van der Waals surface area contributed by atoms with Crippen molar-refractivity contribution in [2.45, 2.75) is 95.3 Å². The Kier molecular flexibility index (Phi) is 12.6. The summed E-state index contributed by atoms with van der Waals surface area (Å²) in [6.07, 6.45) is 6.55. The van der Waals surface area contributed by atoms with Crippen molar-refractivity contribution in [2.24, 2.45) is 11.8 Å². The van der Waals surface area contributed by atoms with Crippen molar-refractivity contribution in [1.82, 2.24) is 15.5 Å². The molecule has 5 atom stereocenters. The van der Waals surface area contributed by atoms with E-state index in [-0.39, 0.29) is 17.2 Å².